The molecule has 22 heavy (non-hydrogen) atoms. The first kappa shape index (κ1) is 14.5. The van der Waals surface area contributed by atoms with Crippen molar-refractivity contribution >= 4 is 11.7 Å². The number of anilines is 1. The summed E-state index contributed by atoms with van der Waals surface area (Å²) in [5, 5.41) is 2.94. The van der Waals surface area contributed by atoms with Gasteiger partial charge in [0.15, 0.2) is 0 Å². The third kappa shape index (κ3) is 3.62. The van der Waals surface area contributed by atoms with Crippen LogP contribution in [0, 0.1) is 0 Å². The summed E-state index contributed by atoms with van der Waals surface area (Å²) in [7, 11) is 0. The standard InChI is InChI=1S/C17H19N3O2/c21-17(15-4-2-1-3-5-15)19-13-14-6-7-18-16(12-14)20-8-10-22-11-9-20/h1-7,12H,8-11,13H2,(H,19,21). The first-order valence-corrected chi connectivity index (χ1v) is 7.44. The quantitative estimate of drug-likeness (QED) is 0.936. The van der Waals surface area contributed by atoms with Gasteiger partial charge in [-0.05, 0) is 29.8 Å². The molecule has 1 N–H and O–H groups in total. The Bertz CT molecular complexity index is 625. The van der Waals surface area contributed by atoms with Crippen molar-refractivity contribution in [3.8, 4) is 0 Å². The fraction of sp³-hybridized carbons (Fsp3) is 0.294. The lowest BCUT2D eigenvalue weighted by molar-refractivity contribution is 0.0951. The number of nitrogens with one attached hydrogen (secondary N) is 1. The molecule has 1 amide bonds. The van der Waals surface area contributed by atoms with Crippen molar-refractivity contribution in [3.05, 3.63) is 59.8 Å². The maximum atomic E-state index is 12.1. The van der Waals surface area contributed by atoms with Crippen LogP contribution in [0.1, 0.15) is 15.9 Å². The maximum absolute atomic E-state index is 12.1. The number of hydrogen-bond acceptors (Lipinski definition) is 4. The van der Waals surface area contributed by atoms with Gasteiger partial charge in [0.2, 0.25) is 0 Å². The summed E-state index contributed by atoms with van der Waals surface area (Å²) >= 11 is 0. The van der Waals surface area contributed by atoms with Crippen LogP contribution in [0.4, 0.5) is 5.82 Å². The van der Waals surface area contributed by atoms with Gasteiger partial charge in [-0.3, -0.25) is 4.79 Å². The number of hydrogen-bond donors (Lipinski definition) is 1. The van der Waals surface area contributed by atoms with E-state index in [2.05, 4.69) is 15.2 Å². The topological polar surface area (TPSA) is 54.5 Å². The van der Waals surface area contributed by atoms with Crippen LogP contribution in [0.2, 0.25) is 0 Å². The van der Waals surface area contributed by atoms with E-state index in [0.717, 1.165) is 37.7 Å². The van der Waals surface area contributed by atoms with Gasteiger partial charge in [-0.2, -0.15) is 0 Å². The Labute approximate surface area is 129 Å². The molecule has 0 aliphatic carbocycles. The van der Waals surface area contributed by atoms with Crippen LogP contribution in [0.25, 0.3) is 0 Å². The zero-order valence-electron chi connectivity index (χ0n) is 12.4. The van der Waals surface area contributed by atoms with Crippen LogP contribution >= 0.6 is 0 Å². The Kier molecular flexibility index (Phi) is 4.65. The predicted molar refractivity (Wildman–Crippen MR) is 84.9 cm³/mol. The van der Waals surface area contributed by atoms with Gasteiger partial charge in [0, 0.05) is 31.4 Å². The lowest BCUT2D eigenvalue weighted by Gasteiger charge is -2.28. The molecule has 1 aromatic heterocycles. The molecule has 3 rings (SSSR count). The zero-order chi connectivity index (χ0) is 15.2. The average molecular weight is 297 g/mol. The highest BCUT2D eigenvalue weighted by molar-refractivity contribution is 5.94. The SMILES string of the molecule is O=C(NCc1ccnc(N2CCOCC2)c1)c1ccccc1. The lowest BCUT2D eigenvalue weighted by atomic mass is 10.2. The van der Waals surface area contributed by atoms with Crippen molar-refractivity contribution in [1.82, 2.24) is 10.3 Å². The summed E-state index contributed by atoms with van der Waals surface area (Å²) in [6.45, 7) is 3.67. The van der Waals surface area contributed by atoms with E-state index in [1.807, 2.05) is 30.3 Å². The van der Waals surface area contributed by atoms with Crippen molar-refractivity contribution in [2.24, 2.45) is 0 Å². The molecular weight excluding hydrogens is 278 g/mol. The van der Waals surface area contributed by atoms with E-state index < -0.39 is 0 Å². The van der Waals surface area contributed by atoms with Gasteiger partial charge >= 0.3 is 0 Å². The number of aromatic nitrogens is 1. The highest BCUT2D eigenvalue weighted by atomic mass is 16.5. The minimum atomic E-state index is -0.0645. The van der Waals surface area contributed by atoms with Crippen molar-refractivity contribution < 1.29 is 9.53 Å². The first-order chi connectivity index (χ1) is 10.8. The molecule has 1 aromatic carbocycles. The van der Waals surface area contributed by atoms with E-state index in [4.69, 9.17) is 4.74 Å². The number of morpholine rings is 1. The van der Waals surface area contributed by atoms with Crippen molar-refractivity contribution in [3.63, 3.8) is 0 Å². The number of carbonyl (C=O) groups is 1. The summed E-state index contributed by atoms with van der Waals surface area (Å²) < 4.78 is 5.35. The number of pyridine rings is 1. The molecule has 1 fully saturated rings. The van der Waals surface area contributed by atoms with Crippen LogP contribution in [-0.2, 0) is 11.3 Å². The Balaban J connectivity index is 1.62. The van der Waals surface area contributed by atoms with E-state index in [-0.39, 0.29) is 5.91 Å². The molecule has 0 saturated carbocycles. The zero-order valence-corrected chi connectivity index (χ0v) is 12.4. The molecule has 0 spiro atoms. The van der Waals surface area contributed by atoms with Gasteiger partial charge in [0.05, 0.1) is 13.2 Å². The Morgan fingerprint density at radius 2 is 1.95 bits per heavy atom. The molecule has 2 aromatic rings. The van der Waals surface area contributed by atoms with Crippen molar-refractivity contribution in [2.45, 2.75) is 6.54 Å². The number of ether oxygens (including phenoxy) is 1. The lowest BCUT2D eigenvalue weighted by Crippen LogP contribution is -2.36. The smallest absolute Gasteiger partial charge is 0.251 e. The van der Waals surface area contributed by atoms with Gasteiger partial charge in [-0.15, -0.1) is 0 Å². The molecule has 0 radical (unpaired) electrons. The second-order valence-corrected chi connectivity index (χ2v) is 5.17. The molecule has 5 nitrogen and oxygen atoms in total. The van der Waals surface area contributed by atoms with Gasteiger partial charge in [-0.1, -0.05) is 18.2 Å². The van der Waals surface area contributed by atoms with Gasteiger partial charge in [-0.25, -0.2) is 4.98 Å². The minimum absolute atomic E-state index is 0.0645. The van der Waals surface area contributed by atoms with Crippen LogP contribution in [0.3, 0.4) is 0 Å². The van der Waals surface area contributed by atoms with Crippen LogP contribution < -0.4 is 10.2 Å². The Morgan fingerprint density at radius 1 is 1.18 bits per heavy atom. The number of rotatable bonds is 4. The molecule has 0 bridgehead atoms. The Morgan fingerprint density at radius 3 is 2.73 bits per heavy atom. The average Bonchev–Trinajstić information content (AvgIpc) is 2.61. The van der Waals surface area contributed by atoms with Gasteiger partial charge in [0.25, 0.3) is 5.91 Å². The molecule has 0 atom stereocenters. The molecular formula is C17H19N3O2. The maximum Gasteiger partial charge on any atom is 0.251 e. The first-order valence-electron chi connectivity index (χ1n) is 7.44. The third-order valence-corrected chi connectivity index (χ3v) is 3.63. The summed E-state index contributed by atoms with van der Waals surface area (Å²) in [6, 6.07) is 13.2. The minimum Gasteiger partial charge on any atom is -0.378 e. The molecule has 1 aliphatic heterocycles. The van der Waals surface area contributed by atoms with E-state index in [1.165, 1.54) is 0 Å². The summed E-state index contributed by atoms with van der Waals surface area (Å²) in [5.74, 6) is 0.875. The molecule has 5 heteroatoms. The fourth-order valence-electron chi connectivity index (χ4n) is 2.41. The molecule has 0 unspecified atom stereocenters. The van der Waals surface area contributed by atoms with Gasteiger partial charge < -0.3 is 15.0 Å². The summed E-state index contributed by atoms with van der Waals surface area (Å²) in [6.07, 6.45) is 1.79. The van der Waals surface area contributed by atoms with Crippen LogP contribution in [-0.4, -0.2) is 37.2 Å². The summed E-state index contributed by atoms with van der Waals surface area (Å²) in [4.78, 5) is 18.7. The van der Waals surface area contributed by atoms with Crippen molar-refractivity contribution in [2.75, 3.05) is 31.2 Å². The predicted octanol–water partition coefficient (Wildman–Crippen LogP) is 1.85. The number of benzene rings is 1. The second kappa shape index (κ2) is 7.04. The molecule has 114 valence electrons. The van der Waals surface area contributed by atoms with Crippen LogP contribution in [0.15, 0.2) is 48.7 Å². The normalized spacial score (nSPS) is 14.6. The number of amides is 1. The monoisotopic (exact) mass is 297 g/mol. The van der Waals surface area contributed by atoms with Gasteiger partial charge in [0.1, 0.15) is 5.82 Å². The molecule has 1 saturated heterocycles. The highest BCUT2D eigenvalue weighted by Crippen LogP contribution is 2.14. The molecule has 1 aliphatic rings. The van der Waals surface area contributed by atoms with Crippen molar-refractivity contribution in [1.29, 1.82) is 0 Å². The van der Waals surface area contributed by atoms with E-state index >= 15 is 0 Å². The Hall–Kier alpha value is -2.40. The second-order valence-electron chi connectivity index (χ2n) is 5.17. The summed E-state index contributed by atoms with van der Waals surface area (Å²) in [5.41, 5.74) is 1.71. The highest BCUT2D eigenvalue weighted by Gasteiger charge is 2.12. The van der Waals surface area contributed by atoms with Crippen LogP contribution in [0.5, 0.6) is 0 Å². The fourth-order valence-corrected chi connectivity index (χ4v) is 2.41. The van der Waals surface area contributed by atoms with E-state index in [9.17, 15) is 4.79 Å². The largest absolute Gasteiger partial charge is 0.378 e. The third-order valence-electron chi connectivity index (χ3n) is 3.63. The number of nitrogens with zero attached hydrogens (tertiary/aromatic N) is 2. The van der Waals surface area contributed by atoms with E-state index in [0.29, 0.717) is 12.1 Å². The number of carbonyl (C=O) groups excluding carboxylic acids is 1. The molecule has 2 heterocycles. The van der Waals surface area contributed by atoms with E-state index in [1.54, 1.807) is 18.3 Å².